The van der Waals surface area contributed by atoms with E-state index in [1.165, 1.54) is 25.3 Å². The summed E-state index contributed by atoms with van der Waals surface area (Å²) < 4.78 is 5.07. The number of methoxy groups -OCH3 is 1. The van der Waals surface area contributed by atoms with Crippen LogP contribution in [-0.2, 0) is 9.59 Å². The molecular formula is C13H13N3O5. The van der Waals surface area contributed by atoms with Gasteiger partial charge in [-0.15, -0.1) is 0 Å². The number of ether oxygens (including phenoxy) is 1. The van der Waals surface area contributed by atoms with E-state index in [1.54, 1.807) is 0 Å². The van der Waals surface area contributed by atoms with Gasteiger partial charge in [0.15, 0.2) is 0 Å². The lowest BCUT2D eigenvalue weighted by Gasteiger charge is -2.14. The number of hydrogen-bond acceptors (Lipinski definition) is 5. The third-order valence-electron chi connectivity index (χ3n) is 2.86. The molecule has 0 unspecified atom stereocenters. The van der Waals surface area contributed by atoms with Gasteiger partial charge in [-0.3, -0.25) is 9.59 Å². The lowest BCUT2D eigenvalue weighted by Crippen LogP contribution is -2.32. The van der Waals surface area contributed by atoms with E-state index in [1.807, 2.05) is 0 Å². The Bertz CT molecular complexity index is 639. The molecule has 0 spiro atoms. The first-order valence-corrected chi connectivity index (χ1v) is 6.09. The first kappa shape index (κ1) is 14.5. The first-order chi connectivity index (χ1) is 10.0. The second-order valence-corrected chi connectivity index (χ2v) is 4.27. The van der Waals surface area contributed by atoms with Gasteiger partial charge in [-0.25, -0.2) is 10.2 Å². The SMILES string of the molecule is COc1ccc(C(=O)O)cc1NC(=O)C1=NNC(=O)CC1. The van der Waals surface area contributed by atoms with Crippen molar-refractivity contribution in [3.63, 3.8) is 0 Å². The fourth-order valence-corrected chi connectivity index (χ4v) is 1.77. The number of carbonyl (C=O) groups excluding carboxylic acids is 2. The van der Waals surface area contributed by atoms with Crippen molar-refractivity contribution in [2.24, 2.45) is 5.10 Å². The topological polar surface area (TPSA) is 117 Å². The van der Waals surface area contributed by atoms with Crippen LogP contribution in [0.4, 0.5) is 5.69 Å². The number of nitrogens with one attached hydrogen (secondary N) is 2. The molecular weight excluding hydrogens is 278 g/mol. The summed E-state index contributed by atoms with van der Waals surface area (Å²) in [6.45, 7) is 0. The third-order valence-corrected chi connectivity index (χ3v) is 2.86. The fourth-order valence-electron chi connectivity index (χ4n) is 1.77. The van der Waals surface area contributed by atoms with Crippen molar-refractivity contribution in [1.82, 2.24) is 5.43 Å². The highest BCUT2D eigenvalue weighted by molar-refractivity contribution is 6.43. The van der Waals surface area contributed by atoms with E-state index in [4.69, 9.17) is 9.84 Å². The average Bonchev–Trinajstić information content (AvgIpc) is 2.47. The van der Waals surface area contributed by atoms with Gasteiger partial charge in [-0.1, -0.05) is 0 Å². The summed E-state index contributed by atoms with van der Waals surface area (Å²) in [6, 6.07) is 4.11. The van der Waals surface area contributed by atoms with Crippen molar-refractivity contribution in [3.8, 4) is 5.75 Å². The van der Waals surface area contributed by atoms with Crippen molar-refractivity contribution in [3.05, 3.63) is 23.8 Å². The second-order valence-electron chi connectivity index (χ2n) is 4.27. The van der Waals surface area contributed by atoms with E-state index in [0.29, 0.717) is 5.75 Å². The molecule has 0 saturated heterocycles. The summed E-state index contributed by atoms with van der Waals surface area (Å²) in [5.41, 5.74) is 2.63. The van der Waals surface area contributed by atoms with Crippen LogP contribution < -0.4 is 15.5 Å². The van der Waals surface area contributed by atoms with Gasteiger partial charge < -0.3 is 15.2 Å². The Labute approximate surface area is 119 Å². The minimum absolute atomic E-state index is 0.0185. The second kappa shape index (κ2) is 6.04. The van der Waals surface area contributed by atoms with Crippen LogP contribution in [0, 0.1) is 0 Å². The number of carboxylic acid groups (broad SMARTS) is 1. The van der Waals surface area contributed by atoms with Crippen LogP contribution in [0.3, 0.4) is 0 Å². The first-order valence-electron chi connectivity index (χ1n) is 6.09. The van der Waals surface area contributed by atoms with Gasteiger partial charge in [0.25, 0.3) is 5.91 Å². The summed E-state index contributed by atoms with van der Waals surface area (Å²) >= 11 is 0. The van der Waals surface area contributed by atoms with E-state index in [9.17, 15) is 14.4 Å². The van der Waals surface area contributed by atoms with Crippen molar-refractivity contribution in [2.45, 2.75) is 12.8 Å². The molecule has 2 amide bonds. The molecule has 0 aliphatic carbocycles. The highest BCUT2D eigenvalue weighted by Crippen LogP contribution is 2.25. The Morgan fingerprint density at radius 2 is 2.14 bits per heavy atom. The molecule has 3 N–H and O–H groups in total. The number of rotatable bonds is 4. The van der Waals surface area contributed by atoms with Crippen molar-refractivity contribution < 1.29 is 24.2 Å². The number of aromatic carboxylic acids is 1. The minimum atomic E-state index is -1.12. The van der Waals surface area contributed by atoms with Crippen LogP contribution in [0.1, 0.15) is 23.2 Å². The zero-order valence-corrected chi connectivity index (χ0v) is 11.2. The molecule has 0 atom stereocenters. The molecule has 21 heavy (non-hydrogen) atoms. The molecule has 0 bridgehead atoms. The average molecular weight is 291 g/mol. The number of carbonyl (C=O) groups is 3. The molecule has 1 heterocycles. The van der Waals surface area contributed by atoms with Crippen molar-refractivity contribution >= 4 is 29.2 Å². The molecule has 0 radical (unpaired) electrons. The number of hydrogen-bond donors (Lipinski definition) is 3. The monoisotopic (exact) mass is 291 g/mol. The zero-order valence-electron chi connectivity index (χ0n) is 11.2. The van der Waals surface area contributed by atoms with Gasteiger partial charge in [0.05, 0.1) is 18.4 Å². The number of anilines is 1. The Kier molecular flexibility index (Phi) is 4.17. The maximum atomic E-state index is 12.0. The molecule has 1 aliphatic heterocycles. The number of hydrazone groups is 1. The molecule has 0 fully saturated rings. The standard InChI is InChI=1S/C13H13N3O5/c1-21-10-4-2-7(13(19)20)6-9(10)14-12(18)8-3-5-11(17)16-15-8/h2,4,6H,3,5H2,1H3,(H,14,18)(H,16,17)(H,19,20). The summed E-state index contributed by atoms with van der Waals surface area (Å²) in [5.74, 6) is -1.56. The highest BCUT2D eigenvalue weighted by atomic mass is 16.5. The number of carboxylic acids is 1. The van der Waals surface area contributed by atoms with E-state index >= 15 is 0 Å². The Balaban J connectivity index is 2.21. The van der Waals surface area contributed by atoms with Gasteiger partial charge in [0.2, 0.25) is 5.91 Å². The Morgan fingerprint density at radius 3 is 2.71 bits per heavy atom. The van der Waals surface area contributed by atoms with Crippen LogP contribution in [0.2, 0.25) is 0 Å². The maximum Gasteiger partial charge on any atom is 0.335 e. The lowest BCUT2D eigenvalue weighted by atomic mass is 10.1. The minimum Gasteiger partial charge on any atom is -0.495 e. The van der Waals surface area contributed by atoms with Crippen LogP contribution >= 0.6 is 0 Å². The summed E-state index contributed by atoms with van der Waals surface area (Å²) in [4.78, 5) is 34.0. The number of amides is 2. The van der Waals surface area contributed by atoms with Crippen molar-refractivity contribution in [1.29, 1.82) is 0 Å². The quantitative estimate of drug-likeness (QED) is 0.750. The molecule has 1 aliphatic rings. The highest BCUT2D eigenvalue weighted by Gasteiger charge is 2.20. The van der Waals surface area contributed by atoms with Crippen molar-refractivity contribution in [2.75, 3.05) is 12.4 Å². The van der Waals surface area contributed by atoms with Gasteiger partial charge in [0, 0.05) is 12.8 Å². The summed E-state index contributed by atoms with van der Waals surface area (Å²) in [5, 5.41) is 15.2. The molecule has 8 heteroatoms. The van der Waals surface area contributed by atoms with E-state index in [0.717, 1.165) is 0 Å². The fraction of sp³-hybridized carbons (Fsp3) is 0.231. The Morgan fingerprint density at radius 1 is 1.38 bits per heavy atom. The molecule has 8 nitrogen and oxygen atoms in total. The predicted molar refractivity (Wildman–Crippen MR) is 73.4 cm³/mol. The lowest BCUT2D eigenvalue weighted by molar-refractivity contribution is -0.121. The number of benzene rings is 1. The van der Waals surface area contributed by atoms with Crippen LogP contribution in [0.5, 0.6) is 5.75 Å². The Hall–Kier alpha value is -2.90. The van der Waals surface area contributed by atoms with Gasteiger partial charge in [-0.2, -0.15) is 5.10 Å². The maximum absolute atomic E-state index is 12.0. The van der Waals surface area contributed by atoms with Crippen LogP contribution in [0.25, 0.3) is 0 Å². The summed E-state index contributed by atoms with van der Waals surface area (Å²) in [6.07, 6.45) is 0.400. The van der Waals surface area contributed by atoms with E-state index < -0.39 is 11.9 Å². The predicted octanol–water partition coefficient (Wildman–Crippen LogP) is 0.598. The largest absolute Gasteiger partial charge is 0.495 e. The molecule has 0 saturated carbocycles. The summed E-state index contributed by atoms with van der Waals surface area (Å²) in [7, 11) is 1.41. The molecule has 110 valence electrons. The molecule has 1 aromatic rings. The molecule has 2 rings (SSSR count). The third kappa shape index (κ3) is 3.35. The van der Waals surface area contributed by atoms with E-state index in [2.05, 4.69) is 15.8 Å². The van der Waals surface area contributed by atoms with Gasteiger partial charge in [-0.05, 0) is 18.2 Å². The van der Waals surface area contributed by atoms with Gasteiger partial charge in [0.1, 0.15) is 11.5 Å². The van der Waals surface area contributed by atoms with Gasteiger partial charge >= 0.3 is 5.97 Å². The smallest absolute Gasteiger partial charge is 0.335 e. The number of nitrogens with zero attached hydrogens (tertiary/aromatic N) is 1. The molecule has 1 aromatic carbocycles. The van der Waals surface area contributed by atoms with Crippen LogP contribution in [0.15, 0.2) is 23.3 Å². The molecule has 0 aromatic heterocycles. The van der Waals surface area contributed by atoms with E-state index in [-0.39, 0.29) is 35.7 Å². The van der Waals surface area contributed by atoms with Crippen LogP contribution in [-0.4, -0.2) is 35.7 Å². The zero-order chi connectivity index (χ0) is 15.4. The normalized spacial score (nSPS) is 14.0.